The van der Waals surface area contributed by atoms with Gasteiger partial charge in [-0.3, -0.25) is 0 Å². The average molecular weight is 302 g/mol. The van der Waals surface area contributed by atoms with Crippen molar-refractivity contribution in [2.75, 3.05) is 11.9 Å². The van der Waals surface area contributed by atoms with E-state index in [0.717, 1.165) is 12.4 Å². The Hall–Kier alpha value is -2.39. The highest BCUT2D eigenvalue weighted by Crippen LogP contribution is 2.44. The van der Waals surface area contributed by atoms with Gasteiger partial charge in [0.25, 0.3) is 0 Å². The molecular weight excluding hydrogens is 288 g/mol. The van der Waals surface area contributed by atoms with Gasteiger partial charge in [-0.1, -0.05) is 48.5 Å². The molecule has 0 saturated heterocycles. The number of thiophene rings is 1. The van der Waals surface area contributed by atoms with Crippen LogP contribution in [-0.2, 0) is 0 Å². The standard InChI is InChI=1S/C19H14N2S/c1-2-6-12(7-3-1)14-10-20-19-17(14)18-15(11-21-19)13-8-4-5-9-16(13)22-18/h1-9,11,14H,10H2,(H,20,21). The molecule has 1 N–H and O–H groups in total. The number of aromatic nitrogens is 1. The Morgan fingerprint density at radius 2 is 1.77 bits per heavy atom. The van der Waals surface area contributed by atoms with Gasteiger partial charge in [-0.15, -0.1) is 11.3 Å². The van der Waals surface area contributed by atoms with Crippen molar-refractivity contribution in [3.05, 3.63) is 71.9 Å². The van der Waals surface area contributed by atoms with Gasteiger partial charge in [-0.2, -0.15) is 0 Å². The number of pyridine rings is 1. The zero-order chi connectivity index (χ0) is 14.5. The number of hydrogen-bond donors (Lipinski definition) is 1. The molecule has 2 aromatic heterocycles. The Balaban J connectivity index is 1.83. The number of rotatable bonds is 1. The first-order valence-electron chi connectivity index (χ1n) is 7.51. The van der Waals surface area contributed by atoms with Crippen LogP contribution in [0.1, 0.15) is 17.0 Å². The minimum Gasteiger partial charge on any atom is -0.369 e. The van der Waals surface area contributed by atoms with Crippen LogP contribution in [0.4, 0.5) is 5.82 Å². The lowest BCUT2D eigenvalue weighted by atomic mass is 9.93. The summed E-state index contributed by atoms with van der Waals surface area (Å²) >= 11 is 1.89. The summed E-state index contributed by atoms with van der Waals surface area (Å²) < 4.78 is 2.72. The molecule has 0 saturated carbocycles. The van der Waals surface area contributed by atoms with Gasteiger partial charge in [0.15, 0.2) is 0 Å². The highest BCUT2D eigenvalue weighted by Gasteiger charge is 2.28. The third-order valence-corrected chi connectivity index (χ3v) is 5.70. The van der Waals surface area contributed by atoms with Crippen molar-refractivity contribution in [3.63, 3.8) is 0 Å². The fraction of sp³-hybridized carbons (Fsp3) is 0.105. The molecule has 1 atom stereocenters. The van der Waals surface area contributed by atoms with Gasteiger partial charge in [-0.05, 0) is 11.6 Å². The summed E-state index contributed by atoms with van der Waals surface area (Å²) in [5, 5.41) is 6.08. The smallest absolute Gasteiger partial charge is 0.131 e. The molecule has 3 heteroatoms. The summed E-state index contributed by atoms with van der Waals surface area (Å²) in [5.41, 5.74) is 2.73. The molecule has 0 aliphatic carbocycles. The molecule has 5 rings (SSSR count). The van der Waals surface area contributed by atoms with E-state index in [9.17, 15) is 0 Å². The van der Waals surface area contributed by atoms with Crippen molar-refractivity contribution < 1.29 is 0 Å². The molecule has 1 unspecified atom stereocenters. The zero-order valence-electron chi connectivity index (χ0n) is 11.9. The molecule has 0 fully saturated rings. The predicted molar refractivity (Wildman–Crippen MR) is 93.9 cm³/mol. The normalized spacial score (nSPS) is 16.8. The first-order valence-corrected chi connectivity index (χ1v) is 8.32. The Morgan fingerprint density at radius 1 is 0.955 bits per heavy atom. The van der Waals surface area contributed by atoms with Crippen LogP contribution in [0.3, 0.4) is 0 Å². The molecule has 22 heavy (non-hydrogen) atoms. The second-order valence-corrected chi connectivity index (χ2v) is 6.76. The van der Waals surface area contributed by atoms with Gasteiger partial charge in [0.2, 0.25) is 0 Å². The highest BCUT2D eigenvalue weighted by atomic mass is 32.1. The van der Waals surface area contributed by atoms with Crippen molar-refractivity contribution in [1.82, 2.24) is 4.98 Å². The van der Waals surface area contributed by atoms with Gasteiger partial charge < -0.3 is 5.32 Å². The molecule has 0 radical (unpaired) electrons. The third-order valence-electron chi connectivity index (χ3n) is 4.48. The minimum atomic E-state index is 0.389. The molecule has 4 aromatic rings. The molecule has 0 spiro atoms. The van der Waals surface area contributed by atoms with E-state index in [1.54, 1.807) is 0 Å². The summed E-state index contributed by atoms with van der Waals surface area (Å²) in [5.74, 6) is 1.44. The van der Waals surface area contributed by atoms with E-state index in [4.69, 9.17) is 0 Å². The van der Waals surface area contributed by atoms with E-state index in [1.807, 2.05) is 17.5 Å². The lowest BCUT2D eigenvalue weighted by Gasteiger charge is -2.10. The molecule has 1 aliphatic rings. The van der Waals surface area contributed by atoms with Crippen molar-refractivity contribution in [2.45, 2.75) is 5.92 Å². The second-order valence-electron chi connectivity index (χ2n) is 5.71. The number of benzene rings is 2. The van der Waals surface area contributed by atoms with Gasteiger partial charge in [0.1, 0.15) is 5.82 Å². The van der Waals surface area contributed by atoms with E-state index in [1.165, 1.54) is 31.3 Å². The number of nitrogens with zero attached hydrogens (tertiary/aromatic N) is 1. The van der Waals surface area contributed by atoms with E-state index in [-0.39, 0.29) is 0 Å². The minimum absolute atomic E-state index is 0.389. The van der Waals surface area contributed by atoms with E-state index in [2.05, 4.69) is 64.9 Å². The molecule has 0 bridgehead atoms. The van der Waals surface area contributed by atoms with Crippen molar-refractivity contribution in [2.24, 2.45) is 0 Å². The molecule has 106 valence electrons. The monoisotopic (exact) mass is 302 g/mol. The van der Waals surface area contributed by atoms with Crippen LogP contribution in [0.5, 0.6) is 0 Å². The maximum absolute atomic E-state index is 4.68. The molecule has 3 heterocycles. The fourth-order valence-corrected chi connectivity index (χ4v) is 4.71. The highest BCUT2D eigenvalue weighted by molar-refractivity contribution is 7.26. The Labute approximate surface area is 132 Å². The summed E-state index contributed by atoms with van der Waals surface area (Å²) in [6.45, 7) is 0.930. The number of hydrogen-bond acceptors (Lipinski definition) is 3. The largest absolute Gasteiger partial charge is 0.369 e. The van der Waals surface area contributed by atoms with Gasteiger partial charge in [-0.25, -0.2) is 4.98 Å². The predicted octanol–water partition coefficient (Wildman–Crippen LogP) is 5.01. The van der Waals surface area contributed by atoms with Crippen molar-refractivity contribution >= 4 is 37.3 Å². The Morgan fingerprint density at radius 3 is 2.68 bits per heavy atom. The molecule has 2 aromatic carbocycles. The van der Waals surface area contributed by atoms with Crippen molar-refractivity contribution in [1.29, 1.82) is 0 Å². The Bertz CT molecular complexity index is 988. The lowest BCUT2D eigenvalue weighted by molar-refractivity contribution is 0.915. The van der Waals surface area contributed by atoms with Crippen LogP contribution >= 0.6 is 11.3 Å². The fourth-order valence-electron chi connectivity index (χ4n) is 3.43. The maximum atomic E-state index is 4.68. The van der Waals surface area contributed by atoms with Gasteiger partial charge >= 0.3 is 0 Å². The van der Waals surface area contributed by atoms with Crippen LogP contribution in [0, 0.1) is 0 Å². The second kappa shape index (κ2) is 4.55. The molecular formula is C19H14N2S. The molecule has 0 amide bonds. The van der Waals surface area contributed by atoms with Crippen LogP contribution < -0.4 is 5.32 Å². The van der Waals surface area contributed by atoms with Crippen LogP contribution in [0.25, 0.3) is 20.2 Å². The summed E-state index contributed by atoms with van der Waals surface area (Å²) in [7, 11) is 0. The van der Waals surface area contributed by atoms with E-state index in [0.29, 0.717) is 5.92 Å². The first-order chi connectivity index (χ1) is 10.9. The summed E-state index contributed by atoms with van der Waals surface area (Å²) in [6, 6.07) is 19.4. The topological polar surface area (TPSA) is 24.9 Å². The van der Waals surface area contributed by atoms with Crippen LogP contribution in [-0.4, -0.2) is 11.5 Å². The van der Waals surface area contributed by atoms with E-state index >= 15 is 0 Å². The van der Waals surface area contributed by atoms with Gasteiger partial charge in [0, 0.05) is 44.4 Å². The maximum Gasteiger partial charge on any atom is 0.131 e. The molecule has 1 aliphatic heterocycles. The van der Waals surface area contributed by atoms with Gasteiger partial charge in [0.05, 0.1) is 0 Å². The quantitative estimate of drug-likeness (QED) is 0.535. The Kier molecular flexibility index (Phi) is 2.52. The van der Waals surface area contributed by atoms with Crippen LogP contribution in [0.15, 0.2) is 60.8 Å². The summed E-state index contributed by atoms with van der Waals surface area (Å²) in [6.07, 6.45) is 2.02. The number of fused-ring (bicyclic) bond motifs is 5. The van der Waals surface area contributed by atoms with Crippen LogP contribution in [0.2, 0.25) is 0 Å². The number of anilines is 1. The SMILES string of the molecule is c1ccc(C2CNc3ncc4c(sc5ccccc54)c32)cc1. The zero-order valence-corrected chi connectivity index (χ0v) is 12.7. The first kappa shape index (κ1) is 12.2. The summed E-state index contributed by atoms with van der Waals surface area (Å²) in [4.78, 5) is 4.68. The third kappa shape index (κ3) is 1.63. The van der Waals surface area contributed by atoms with E-state index < -0.39 is 0 Å². The average Bonchev–Trinajstić information content (AvgIpc) is 3.16. The van der Waals surface area contributed by atoms with Crippen molar-refractivity contribution in [3.8, 4) is 0 Å². The lowest BCUT2D eigenvalue weighted by Crippen LogP contribution is -2.03. The molecule has 2 nitrogen and oxygen atoms in total. The number of nitrogens with one attached hydrogen (secondary N) is 1.